The van der Waals surface area contributed by atoms with E-state index in [1.807, 2.05) is 97.1 Å². The molecule has 1 heterocycles. The van der Waals surface area contributed by atoms with E-state index >= 15 is 0 Å². The van der Waals surface area contributed by atoms with Crippen molar-refractivity contribution in [2.24, 2.45) is 4.99 Å². The molecule has 4 aromatic rings. The summed E-state index contributed by atoms with van der Waals surface area (Å²) in [4.78, 5) is 4.76. The summed E-state index contributed by atoms with van der Waals surface area (Å²) in [6, 6.07) is 37.7. The van der Waals surface area contributed by atoms with Crippen molar-refractivity contribution in [2.75, 3.05) is 5.32 Å². The van der Waals surface area contributed by atoms with Crippen molar-refractivity contribution in [3.63, 3.8) is 0 Å². The molecular formula is C31H21ClN2O3S. The van der Waals surface area contributed by atoms with Gasteiger partial charge < -0.3 is 9.73 Å². The standard InChI is InChI=1S/C31H21ClN2O3S/c32-38(35,36)30-14-8-7-13-27(30)31-25-17-15-23(33-21-9-3-1-4-10-21)19-28(25)37-29-20-24(16-18-26(29)31)34-22-11-5-2-6-12-22/h1-20,33H. The van der Waals surface area contributed by atoms with Crippen molar-refractivity contribution in [1.82, 2.24) is 0 Å². The van der Waals surface area contributed by atoms with Gasteiger partial charge in [-0.3, -0.25) is 0 Å². The van der Waals surface area contributed by atoms with Crippen LogP contribution < -0.4 is 10.7 Å². The predicted octanol–water partition coefficient (Wildman–Crippen LogP) is 8.11. The van der Waals surface area contributed by atoms with E-state index in [4.69, 9.17) is 20.1 Å². The second-order valence-electron chi connectivity index (χ2n) is 8.74. The Morgan fingerprint density at radius 3 is 2.16 bits per heavy atom. The van der Waals surface area contributed by atoms with Crippen molar-refractivity contribution in [3.05, 3.63) is 127 Å². The van der Waals surface area contributed by atoms with Crippen LogP contribution in [0.3, 0.4) is 0 Å². The van der Waals surface area contributed by atoms with Crippen LogP contribution in [0.15, 0.2) is 136 Å². The Labute approximate surface area is 224 Å². The van der Waals surface area contributed by atoms with Gasteiger partial charge in [0.15, 0.2) is 0 Å². The van der Waals surface area contributed by atoms with Crippen LogP contribution in [0.5, 0.6) is 0 Å². The molecule has 0 aromatic heterocycles. The summed E-state index contributed by atoms with van der Waals surface area (Å²) in [7, 11) is 1.86. The summed E-state index contributed by atoms with van der Waals surface area (Å²) in [5, 5.41) is 4.87. The van der Waals surface area contributed by atoms with Gasteiger partial charge in [0.1, 0.15) is 11.3 Å². The monoisotopic (exact) mass is 536 g/mol. The minimum Gasteiger partial charge on any atom is -0.456 e. The van der Waals surface area contributed by atoms with Gasteiger partial charge in [-0.2, -0.15) is 0 Å². The Kier molecular flexibility index (Phi) is 6.19. The quantitative estimate of drug-likeness (QED) is 0.178. The molecule has 0 bridgehead atoms. The largest absolute Gasteiger partial charge is 0.456 e. The lowest BCUT2D eigenvalue weighted by molar-refractivity contribution is 0.609. The molecule has 0 unspecified atom stereocenters. The highest BCUT2D eigenvalue weighted by atomic mass is 35.7. The highest BCUT2D eigenvalue weighted by Gasteiger charge is 2.23. The predicted molar refractivity (Wildman–Crippen MR) is 153 cm³/mol. The van der Waals surface area contributed by atoms with E-state index in [0.717, 1.165) is 38.9 Å². The molecule has 7 heteroatoms. The van der Waals surface area contributed by atoms with Crippen molar-refractivity contribution in [1.29, 1.82) is 0 Å². The molecule has 186 valence electrons. The molecule has 0 spiro atoms. The third-order valence-corrected chi connectivity index (χ3v) is 7.58. The van der Waals surface area contributed by atoms with Crippen LogP contribution in [0.2, 0.25) is 0 Å². The molecule has 1 N–H and O–H groups in total. The molecule has 0 atom stereocenters. The highest BCUT2D eigenvalue weighted by Crippen LogP contribution is 2.43. The van der Waals surface area contributed by atoms with Gasteiger partial charge in [0.25, 0.3) is 9.05 Å². The van der Waals surface area contributed by atoms with Gasteiger partial charge in [-0.25, -0.2) is 13.4 Å². The van der Waals surface area contributed by atoms with Crippen molar-refractivity contribution in [3.8, 4) is 22.5 Å². The number of rotatable bonds is 5. The summed E-state index contributed by atoms with van der Waals surface area (Å²) in [5.74, 6) is 0.573. The average molecular weight is 537 g/mol. The first-order valence-corrected chi connectivity index (χ1v) is 14.2. The Hall–Kier alpha value is -4.39. The fourth-order valence-electron chi connectivity index (χ4n) is 4.54. The van der Waals surface area contributed by atoms with E-state index in [0.29, 0.717) is 16.9 Å². The molecule has 2 aliphatic rings. The molecule has 1 aliphatic carbocycles. The van der Waals surface area contributed by atoms with E-state index in [9.17, 15) is 8.42 Å². The minimum absolute atomic E-state index is 0.0417. The Balaban J connectivity index is 1.62. The van der Waals surface area contributed by atoms with E-state index < -0.39 is 9.05 Å². The van der Waals surface area contributed by atoms with Gasteiger partial charge in [0.05, 0.1) is 15.9 Å². The number of para-hydroxylation sites is 2. The number of benzene rings is 5. The minimum atomic E-state index is -4.01. The molecule has 38 heavy (non-hydrogen) atoms. The number of hydrogen-bond acceptors (Lipinski definition) is 5. The second-order valence-corrected chi connectivity index (χ2v) is 11.3. The van der Waals surface area contributed by atoms with Gasteiger partial charge in [-0.1, -0.05) is 54.6 Å². The van der Waals surface area contributed by atoms with Gasteiger partial charge in [-0.15, -0.1) is 0 Å². The number of nitrogens with one attached hydrogen (secondary N) is 1. The first-order valence-electron chi connectivity index (χ1n) is 11.9. The van der Waals surface area contributed by atoms with E-state index in [1.54, 1.807) is 18.2 Å². The van der Waals surface area contributed by atoms with E-state index in [2.05, 4.69) is 5.32 Å². The molecule has 0 saturated carbocycles. The number of fused-ring (bicyclic) bond motifs is 2. The van der Waals surface area contributed by atoms with Crippen LogP contribution in [0.25, 0.3) is 33.4 Å². The maximum absolute atomic E-state index is 12.5. The molecular weight excluding hydrogens is 516 g/mol. The van der Waals surface area contributed by atoms with Crippen LogP contribution in [0, 0.1) is 0 Å². The second kappa shape index (κ2) is 9.82. The van der Waals surface area contributed by atoms with Gasteiger partial charge in [0.2, 0.25) is 0 Å². The van der Waals surface area contributed by atoms with Gasteiger partial charge in [-0.05, 0) is 54.6 Å². The van der Waals surface area contributed by atoms with Crippen LogP contribution in [0.4, 0.5) is 17.1 Å². The molecule has 6 rings (SSSR count). The van der Waals surface area contributed by atoms with Gasteiger partial charge >= 0.3 is 0 Å². The first kappa shape index (κ1) is 24.0. The van der Waals surface area contributed by atoms with Crippen LogP contribution in [-0.4, -0.2) is 8.42 Å². The number of anilines is 2. The molecule has 4 aromatic carbocycles. The molecule has 0 fully saturated rings. The lowest BCUT2D eigenvalue weighted by Gasteiger charge is -2.18. The Bertz CT molecular complexity index is 1920. The maximum atomic E-state index is 12.5. The van der Waals surface area contributed by atoms with E-state index in [1.165, 1.54) is 6.07 Å². The zero-order valence-electron chi connectivity index (χ0n) is 20.0. The molecule has 0 radical (unpaired) electrons. The fourth-order valence-corrected chi connectivity index (χ4v) is 5.62. The summed E-state index contributed by atoms with van der Waals surface area (Å²) in [6.07, 6.45) is 0. The van der Waals surface area contributed by atoms with Crippen LogP contribution in [0.1, 0.15) is 0 Å². The molecule has 0 saturated heterocycles. The lowest BCUT2D eigenvalue weighted by Crippen LogP contribution is -2.03. The summed E-state index contributed by atoms with van der Waals surface area (Å²) < 4.78 is 31.5. The zero-order chi connectivity index (χ0) is 26.1. The SMILES string of the molecule is O=S(=O)(Cl)c1ccccc1-c1c2ccc(=Nc3ccccc3)cc-2oc2cc(Nc3ccccc3)ccc12. The summed E-state index contributed by atoms with van der Waals surface area (Å²) >= 11 is 0. The van der Waals surface area contributed by atoms with Crippen molar-refractivity contribution < 1.29 is 12.8 Å². The molecule has 5 nitrogen and oxygen atoms in total. The first-order chi connectivity index (χ1) is 18.5. The third kappa shape index (κ3) is 4.79. The van der Waals surface area contributed by atoms with Gasteiger partial charge in [0, 0.05) is 56.3 Å². The smallest absolute Gasteiger partial charge is 0.261 e. The summed E-state index contributed by atoms with van der Waals surface area (Å²) in [6.45, 7) is 0. The van der Waals surface area contributed by atoms with Crippen molar-refractivity contribution >= 4 is 47.8 Å². The fraction of sp³-hybridized carbons (Fsp3) is 0. The zero-order valence-corrected chi connectivity index (χ0v) is 21.6. The molecule has 1 aliphatic heterocycles. The van der Waals surface area contributed by atoms with Crippen molar-refractivity contribution in [2.45, 2.75) is 4.90 Å². The summed E-state index contributed by atoms with van der Waals surface area (Å²) in [5.41, 5.74) is 5.16. The topological polar surface area (TPSA) is 71.7 Å². The third-order valence-electron chi connectivity index (χ3n) is 6.20. The average Bonchev–Trinajstić information content (AvgIpc) is 2.92. The Morgan fingerprint density at radius 1 is 0.684 bits per heavy atom. The van der Waals surface area contributed by atoms with Crippen LogP contribution >= 0.6 is 10.7 Å². The number of hydrogen-bond donors (Lipinski definition) is 1. The number of nitrogens with zero attached hydrogens (tertiary/aromatic N) is 1. The Morgan fingerprint density at radius 2 is 1.39 bits per heavy atom. The molecule has 0 amide bonds. The van der Waals surface area contributed by atoms with E-state index in [-0.39, 0.29) is 4.90 Å². The number of halogens is 1. The maximum Gasteiger partial charge on any atom is 0.261 e. The van der Waals surface area contributed by atoms with Crippen LogP contribution in [-0.2, 0) is 9.05 Å². The highest BCUT2D eigenvalue weighted by molar-refractivity contribution is 8.13. The normalized spacial score (nSPS) is 12.2. The lowest BCUT2D eigenvalue weighted by atomic mass is 9.93.